The molecule has 8 heteroatoms. The van der Waals surface area contributed by atoms with Gasteiger partial charge >= 0.3 is 12.2 Å². The first kappa shape index (κ1) is 34.6. The van der Waals surface area contributed by atoms with Crippen molar-refractivity contribution in [2.75, 3.05) is 6.61 Å². The van der Waals surface area contributed by atoms with E-state index in [4.69, 9.17) is 14.2 Å². The Morgan fingerprint density at radius 2 is 1.65 bits per heavy atom. The van der Waals surface area contributed by atoms with Crippen molar-refractivity contribution in [3.05, 3.63) is 114 Å². The second-order valence-electron chi connectivity index (χ2n) is 13.3. The number of hydrogen-bond donors (Lipinski definition) is 2. The van der Waals surface area contributed by atoms with Crippen LogP contribution in [0.4, 0.5) is 9.59 Å². The van der Waals surface area contributed by atoms with Crippen molar-refractivity contribution >= 4 is 12.2 Å². The molecule has 1 saturated carbocycles. The Labute approximate surface area is 273 Å². The zero-order valence-corrected chi connectivity index (χ0v) is 27.9. The highest BCUT2D eigenvalue weighted by molar-refractivity contribution is 5.72. The van der Waals surface area contributed by atoms with Gasteiger partial charge in [0.2, 0.25) is 0 Å². The summed E-state index contributed by atoms with van der Waals surface area (Å²) in [5, 5.41) is 14.9. The molecule has 3 atom stereocenters. The van der Waals surface area contributed by atoms with Crippen LogP contribution >= 0.6 is 0 Å². The number of carbonyl (C=O) groups is 2. The molecule has 1 aliphatic rings. The third kappa shape index (κ3) is 8.69. The maximum atomic E-state index is 14.4. The number of carbonyl (C=O) groups excluding carboxylic acids is 2. The number of ether oxygens (including phenoxy) is 3. The van der Waals surface area contributed by atoms with E-state index in [2.05, 4.69) is 37.9 Å². The Kier molecular flexibility index (Phi) is 11.2. The fourth-order valence-corrected chi connectivity index (χ4v) is 5.61. The van der Waals surface area contributed by atoms with Gasteiger partial charge < -0.3 is 24.6 Å². The van der Waals surface area contributed by atoms with Gasteiger partial charge in [0, 0.05) is 0 Å². The molecule has 0 heterocycles. The summed E-state index contributed by atoms with van der Waals surface area (Å²) in [7, 11) is 0. The molecule has 46 heavy (non-hydrogen) atoms. The van der Waals surface area contributed by atoms with Crippen LogP contribution in [0.5, 0.6) is 5.75 Å². The van der Waals surface area contributed by atoms with Gasteiger partial charge in [-0.15, -0.1) is 0 Å². The van der Waals surface area contributed by atoms with Gasteiger partial charge in [-0.05, 0) is 80.8 Å². The summed E-state index contributed by atoms with van der Waals surface area (Å²) in [6.07, 6.45) is 0.529. The lowest BCUT2D eigenvalue weighted by Crippen LogP contribution is -2.53. The molecule has 1 fully saturated rings. The van der Waals surface area contributed by atoms with Crippen molar-refractivity contribution < 1.29 is 28.9 Å². The monoisotopic (exact) mass is 628 g/mol. The van der Waals surface area contributed by atoms with Crippen LogP contribution < -0.4 is 10.1 Å². The summed E-state index contributed by atoms with van der Waals surface area (Å²) in [6, 6.07) is 23.4. The van der Waals surface area contributed by atoms with Gasteiger partial charge in [0.05, 0.1) is 23.7 Å². The zero-order chi connectivity index (χ0) is 33.5. The summed E-state index contributed by atoms with van der Waals surface area (Å²) in [6.45, 7) is 15.4. The van der Waals surface area contributed by atoms with E-state index < -0.39 is 41.5 Å². The molecule has 3 aromatic rings. The Balaban J connectivity index is 1.82. The van der Waals surface area contributed by atoms with E-state index >= 15 is 0 Å². The minimum atomic E-state index is -1.25. The van der Waals surface area contributed by atoms with Crippen molar-refractivity contribution in [3.63, 3.8) is 0 Å². The van der Waals surface area contributed by atoms with E-state index in [0.717, 1.165) is 16.7 Å². The van der Waals surface area contributed by atoms with Crippen molar-refractivity contribution in [3.8, 4) is 5.75 Å². The first-order chi connectivity index (χ1) is 21.8. The second-order valence-corrected chi connectivity index (χ2v) is 13.3. The minimum absolute atomic E-state index is 0.0648. The molecule has 0 radical (unpaired) electrons. The average molecular weight is 629 g/mol. The third-order valence-electron chi connectivity index (χ3n) is 8.10. The highest BCUT2D eigenvalue weighted by Gasteiger charge is 2.56. The van der Waals surface area contributed by atoms with Gasteiger partial charge in [-0.2, -0.15) is 0 Å². The minimum Gasteiger partial charge on any atom is -0.490 e. The molecule has 0 aliphatic heterocycles. The molecule has 1 aliphatic carbocycles. The summed E-state index contributed by atoms with van der Waals surface area (Å²) in [5.41, 5.74) is 2.14. The summed E-state index contributed by atoms with van der Waals surface area (Å²) in [4.78, 5) is 28.9. The van der Waals surface area contributed by atoms with Crippen LogP contribution in [0.15, 0.2) is 91.5 Å². The maximum Gasteiger partial charge on any atom is 0.411 e. The zero-order valence-electron chi connectivity index (χ0n) is 27.9. The van der Waals surface area contributed by atoms with E-state index in [1.807, 2.05) is 66.7 Å². The van der Waals surface area contributed by atoms with E-state index in [1.165, 1.54) is 0 Å². The van der Waals surface area contributed by atoms with Crippen LogP contribution in [-0.4, -0.2) is 46.5 Å². The van der Waals surface area contributed by atoms with Crippen LogP contribution in [-0.2, 0) is 21.6 Å². The third-order valence-corrected chi connectivity index (χ3v) is 8.10. The average Bonchev–Trinajstić information content (AvgIpc) is 3.82. The number of aliphatic hydroxyl groups is 1. The fraction of sp³-hybridized carbons (Fsp3) is 0.421. The number of benzene rings is 3. The SMILES string of the molecule is C=CCOc1cccc(C([C@H](O)[C@H](C)NC(=O)OC(C)(C)C)N(C(=O)OCc2ccccc2)C2(c3cccc(C(C)C)c3)CC2)c1. The van der Waals surface area contributed by atoms with Gasteiger partial charge in [-0.3, -0.25) is 4.90 Å². The number of hydrogen-bond acceptors (Lipinski definition) is 6. The molecule has 8 nitrogen and oxygen atoms in total. The molecule has 0 spiro atoms. The molecular weight excluding hydrogens is 580 g/mol. The molecule has 1 unspecified atom stereocenters. The van der Waals surface area contributed by atoms with Gasteiger partial charge in [0.1, 0.15) is 24.6 Å². The second kappa shape index (κ2) is 14.9. The summed E-state index contributed by atoms with van der Waals surface area (Å²) >= 11 is 0. The smallest absolute Gasteiger partial charge is 0.411 e. The molecule has 4 rings (SSSR count). The van der Waals surface area contributed by atoms with Gasteiger partial charge in [-0.25, -0.2) is 9.59 Å². The van der Waals surface area contributed by atoms with Crippen LogP contribution in [0.25, 0.3) is 0 Å². The number of aliphatic hydroxyl groups excluding tert-OH is 1. The lowest BCUT2D eigenvalue weighted by molar-refractivity contribution is -0.0120. The number of rotatable bonds is 13. The number of nitrogens with one attached hydrogen (secondary N) is 1. The molecule has 2 N–H and O–H groups in total. The van der Waals surface area contributed by atoms with Gasteiger partial charge in [0.15, 0.2) is 0 Å². The lowest BCUT2D eigenvalue weighted by atomic mass is 9.90. The van der Waals surface area contributed by atoms with E-state index in [0.29, 0.717) is 30.8 Å². The van der Waals surface area contributed by atoms with Gasteiger partial charge in [-0.1, -0.05) is 93.2 Å². The lowest BCUT2D eigenvalue weighted by Gasteiger charge is -2.42. The molecule has 246 valence electrons. The van der Waals surface area contributed by atoms with Gasteiger partial charge in [0.25, 0.3) is 0 Å². The Morgan fingerprint density at radius 1 is 0.978 bits per heavy atom. The van der Waals surface area contributed by atoms with Crippen molar-refractivity contribution in [1.82, 2.24) is 10.2 Å². The Bertz CT molecular complexity index is 1480. The highest BCUT2D eigenvalue weighted by atomic mass is 16.6. The van der Waals surface area contributed by atoms with Crippen molar-refractivity contribution in [2.45, 2.75) is 96.2 Å². The first-order valence-electron chi connectivity index (χ1n) is 16.0. The quantitative estimate of drug-likeness (QED) is 0.186. The normalized spacial score (nSPS) is 15.7. The molecule has 0 bridgehead atoms. The largest absolute Gasteiger partial charge is 0.490 e. The van der Waals surface area contributed by atoms with Crippen molar-refractivity contribution in [1.29, 1.82) is 0 Å². The predicted octanol–water partition coefficient (Wildman–Crippen LogP) is 8.02. The van der Waals surface area contributed by atoms with Crippen LogP contribution in [0.3, 0.4) is 0 Å². The van der Waals surface area contributed by atoms with Crippen LogP contribution in [0.1, 0.15) is 88.6 Å². The van der Waals surface area contributed by atoms with Crippen molar-refractivity contribution in [2.24, 2.45) is 0 Å². The Morgan fingerprint density at radius 3 is 2.28 bits per heavy atom. The Hall–Kier alpha value is -4.30. The molecule has 2 amide bonds. The predicted molar refractivity (Wildman–Crippen MR) is 180 cm³/mol. The maximum absolute atomic E-state index is 14.4. The summed E-state index contributed by atoms with van der Waals surface area (Å²) in [5.74, 6) is 0.846. The van der Waals surface area contributed by atoms with E-state index in [9.17, 15) is 14.7 Å². The van der Waals surface area contributed by atoms with E-state index in [1.54, 1.807) is 38.7 Å². The first-order valence-corrected chi connectivity index (χ1v) is 16.0. The van der Waals surface area contributed by atoms with Crippen LogP contribution in [0, 0.1) is 0 Å². The van der Waals surface area contributed by atoms with E-state index in [-0.39, 0.29) is 12.5 Å². The molecule has 0 saturated heterocycles. The number of alkyl carbamates (subject to hydrolysis) is 1. The standard InChI is InChI=1S/C38H48N2O6/c1-8-22-44-32-19-13-17-30(24-32)33(34(41)27(4)39-35(42)46-37(5,6)7)40(36(43)45-25-28-14-10-9-11-15-28)38(20-21-38)31-18-12-16-29(23-31)26(2)3/h8-19,23-24,26-27,33-34,41H,1,20-22,25H2,2-7H3,(H,39,42)/t27-,33?,34+/m0/s1. The summed E-state index contributed by atoms with van der Waals surface area (Å²) < 4.78 is 17.4. The molecule has 0 aromatic heterocycles. The topological polar surface area (TPSA) is 97.3 Å². The highest BCUT2D eigenvalue weighted by Crippen LogP contribution is 2.55. The number of nitrogens with zero attached hydrogens (tertiary/aromatic N) is 1. The number of amides is 2. The molecular formula is C38H48N2O6. The molecule has 3 aromatic carbocycles. The van der Waals surface area contributed by atoms with Crippen LogP contribution in [0.2, 0.25) is 0 Å². The fourth-order valence-electron chi connectivity index (χ4n) is 5.61.